The quantitative estimate of drug-likeness (QED) is 0.523. The zero-order chi connectivity index (χ0) is 8.67. The first-order valence-electron chi connectivity index (χ1n) is 4.31. The Bertz CT molecular complexity index is 518. The van der Waals surface area contributed by atoms with Crippen LogP contribution in [-0.4, -0.2) is 0 Å². The van der Waals surface area contributed by atoms with E-state index in [0.717, 1.165) is 11.2 Å². The molecule has 0 saturated carbocycles. The van der Waals surface area contributed by atoms with Crippen LogP contribution >= 0.6 is 0 Å². The van der Waals surface area contributed by atoms with Crippen LogP contribution in [0.4, 0.5) is 4.70 Å². The number of halogens is 1. The summed E-state index contributed by atoms with van der Waals surface area (Å²) >= 11 is 0. The van der Waals surface area contributed by atoms with Gasteiger partial charge >= 0.3 is 0 Å². The molecule has 70 valence electrons. The predicted molar refractivity (Wildman–Crippen MR) is 56.2 cm³/mol. The molecule has 0 aliphatic carbocycles. The Labute approximate surface area is 80.3 Å². The van der Waals surface area contributed by atoms with E-state index in [1.165, 1.54) is 10.8 Å². The molecule has 0 aliphatic rings. The van der Waals surface area contributed by atoms with Crippen molar-refractivity contribution in [1.29, 1.82) is 0 Å². The van der Waals surface area contributed by atoms with E-state index >= 15 is 0 Å². The van der Waals surface area contributed by atoms with Crippen LogP contribution < -0.4 is 0 Å². The Morgan fingerprint density at radius 1 is 0.643 bits per heavy atom. The first-order chi connectivity index (χ1) is 6.45. The first-order valence-corrected chi connectivity index (χ1v) is 4.31. The smallest absolute Gasteiger partial charge is 0.135 e. The van der Waals surface area contributed by atoms with E-state index in [-0.39, 0.29) is 4.70 Å². The lowest BCUT2D eigenvalue weighted by Crippen LogP contribution is -1.62. The Morgan fingerprint density at radius 2 is 1.07 bits per heavy atom. The predicted octanol–water partition coefficient (Wildman–Crippen LogP) is 3.74. The number of furan rings is 1. The van der Waals surface area contributed by atoms with Gasteiger partial charge in [-0.1, -0.05) is 36.4 Å². The lowest BCUT2D eigenvalue weighted by Gasteiger charge is -1.85. The van der Waals surface area contributed by atoms with Crippen molar-refractivity contribution in [2.45, 2.75) is 0 Å². The van der Waals surface area contributed by atoms with E-state index in [1.54, 1.807) is 0 Å². The van der Waals surface area contributed by atoms with Crippen molar-refractivity contribution >= 4 is 21.9 Å². The van der Waals surface area contributed by atoms with Crippen molar-refractivity contribution in [3.05, 3.63) is 48.5 Å². The molecule has 0 amide bonds. The molecule has 1 aromatic heterocycles. The average molecular weight is 188 g/mol. The molecular weight excluding hydrogens is 179 g/mol. The molecule has 0 bridgehead atoms. The van der Waals surface area contributed by atoms with Crippen LogP contribution in [0.5, 0.6) is 0 Å². The number of rotatable bonds is 0. The molecule has 0 aliphatic heterocycles. The molecule has 3 aromatic rings. The van der Waals surface area contributed by atoms with Crippen LogP contribution in [0.1, 0.15) is 0 Å². The zero-order valence-electron chi connectivity index (χ0n) is 7.44. The minimum Gasteiger partial charge on any atom is -0.456 e. The molecule has 0 radical (unpaired) electrons. The summed E-state index contributed by atoms with van der Waals surface area (Å²) < 4.78 is 5.65. The minimum atomic E-state index is 0. The third-order valence-electron chi connectivity index (χ3n) is 2.28. The van der Waals surface area contributed by atoms with E-state index in [1.807, 2.05) is 36.4 Å². The van der Waals surface area contributed by atoms with Crippen LogP contribution in [-0.2, 0) is 0 Å². The molecule has 3 rings (SSSR count). The summed E-state index contributed by atoms with van der Waals surface area (Å²) in [6.07, 6.45) is 0. The maximum atomic E-state index is 5.65. The van der Waals surface area contributed by atoms with Gasteiger partial charge in [0.15, 0.2) is 0 Å². The van der Waals surface area contributed by atoms with Gasteiger partial charge in [-0.25, -0.2) is 0 Å². The van der Waals surface area contributed by atoms with Gasteiger partial charge in [-0.2, -0.15) is 0 Å². The normalized spacial score (nSPS) is 10.3. The van der Waals surface area contributed by atoms with Crippen LogP contribution in [0.25, 0.3) is 21.9 Å². The molecule has 0 fully saturated rings. The van der Waals surface area contributed by atoms with Gasteiger partial charge in [0.2, 0.25) is 0 Å². The molecule has 1 nitrogen and oxygen atoms in total. The van der Waals surface area contributed by atoms with Crippen molar-refractivity contribution in [2.75, 3.05) is 0 Å². The second-order valence-corrected chi connectivity index (χ2v) is 3.09. The fraction of sp³-hybridized carbons (Fsp3) is 0. The number of benzene rings is 2. The fourth-order valence-electron chi connectivity index (χ4n) is 1.67. The molecule has 0 N–H and O–H groups in total. The Kier molecular flexibility index (Phi) is 1.97. The Balaban J connectivity index is 0.000000750. The molecule has 0 atom stereocenters. The molecule has 0 saturated heterocycles. The average Bonchev–Trinajstić information content (AvgIpc) is 2.56. The second-order valence-electron chi connectivity index (χ2n) is 3.09. The van der Waals surface area contributed by atoms with Gasteiger partial charge < -0.3 is 4.42 Å². The van der Waals surface area contributed by atoms with Crippen molar-refractivity contribution in [1.82, 2.24) is 0 Å². The van der Waals surface area contributed by atoms with Crippen LogP contribution in [0, 0.1) is 0 Å². The van der Waals surface area contributed by atoms with E-state index in [4.69, 9.17) is 4.42 Å². The van der Waals surface area contributed by atoms with Crippen molar-refractivity contribution in [2.24, 2.45) is 0 Å². The van der Waals surface area contributed by atoms with Crippen LogP contribution in [0.3, 0.4) is 0 Å². The van der Waals surface area contributed by atoms with E-state index in [0.29, 0.717) is 0 Å². The number of para-hydroxylation sites is 2. The summed E-state index contributed by atoms with van der Waals surface area (Å²) in [5.74, 6) is 0. The molecule has 2 heteroatoms. The highest BCUT2D eigenvalue weighted by Gasteiger charge is 2.02. The largest absolute Gasteiger partial charge is 0.456 e. The van der Waals surface area contributed by atoms with Gasteiger partial charge in [-0.15, -0.1) is 0 Å². The second kappa shape index (κ2) is 3.14. The SMILES string of the molecule is F.c1ccc2c(c1)oc1ccccc12. The van der Waals surface area contributed by atoms with E-state index in [9.17, 15) is 0 Å². The number of hydrogen-bond acceptors (Lipinski definition) is 1. The molecule has 0 spiro atoms. The van der Waals surface area contributed by atoms with Gasteiger partial charge in [-0.3, -0.25) is 4.70 Å². The monoisotopic (exact) mass is 188 g/mol. The lowest BCUT2D eigenvalue weighted by molar-refractivity contribution is 0.669. The maximum absolute atomic E-state index is 5.65. The van der Waals surface area contributed by atoms with Gasteiger partial charge in [-0.05, 0) is 12.1 Å². The molecule has 1 heterocycles. The Morgan fingerprint density at radius 3 is 1.57 bits per heavy atom. The maximum Gasteiger partial charge on any atom is 0.135 e. The molecular formula is C12H9FO. The van der Waals surface area contributed by atoms with Crippen molar-refractivity contribution in [3.8, 4) is 0 Å². The highest BCUT2D eigenvalue weighted by molar-refractivity contribution is 6.04. The first kappa shape index (κ1) is 8.75. The lowest BCUT2D eigenvalue weighted by atomic mass is 10.2. The number of hydrogen-bond donors (Lipinski definition) is 0. The third-order valence-corrected chi connectivity index (χ3v) is 2.28. The summed E-state index contributed by atoms with van der Waals surface area (Å²) in [7, 11) is 0. The summed E-state index contributed by atoms with van der Waals surface area (Å²) in [6, 6.07) is 16.2. The van der Waals surface area contributed by atoms with E-state index in [2.05, 4.69) is 12.1 Å². The van der Waals surface area contributed by atoms with Crippen molar-refractivity contribution in [3.63, 3.8) is 0 Å². The highest BCUT2D eigenvalue weighted by atomic mass is 19.0. The zero-order valence-corrected chi connectivity index (χ0v) is 7.44. The molecule has 0 unspecified atom stereocenters. The van der Waals surface area contributed by atoms with Crippen molar-refractivity contribution < 1.29 is 9.12 Å². The van der Waals surface area contributed by atoms with Crippen LogP contribution in [0.2, 0.25) is 0 Å². The van der Waals surface area contributed by atoms with Gasteiger partial charge in [0, 0.05) is 10.8 Å². The summed E-state index contributed by atoms with van der Waals surface area (Å²) in [5, 5.41) is 2.39. The summed E-state index contributed by atoms with van der Waals surface area (Å²) in [4.78, 5) is 0. The third kappa shape index (κ3) is 1.08. The van der Waals surface area contributed by atoms with Gasteiger partial charge in [0.1, 0.15) is 11.2 Å². The number of fused-ring (bicyclic) bond motifs is 3. The summed E-state index contributed by atoms with van der Waals surface area (Å²) in [5.41, 5.74) is 1.92. The topological polar surface area (TPSA) is 13.1 Å². The van der Waals surface area contributed by atoms with Gasteiger partial charge in [0.05, 0.1) is 0 Å². The molecule has 2 aromatic carbocycles. The van der Waals surface area contributed by atoms with Gasteiger partial charge in [0.25, 0.3) is 0 Å². The highest BCUT2D eigenvalue weighted by Crippen LogP contribution is 2.27. The van der Waals surface area contributed by atoms with Crippen LogP contribution in [0.15, 0.2) is 52.9 Å². The van der Waals surface area contributed by atoms with E-state index < -0.39 is 0 Å². The minimum absolute atomic E-state index is 0. The standard InChI is InChI=1S/C12H8O.FH/c1-3-7-11-9(5-1)10-6-2-4-8-12(10)13-11;/h1-8H;1H. The Hall–Kier alpha value is -1.83. The fourth-order valence-corrected chi connectivity index (χ4v) is 1.67. The molecule has 14 heavy (non-hydrogen) atoms. The summed E-state index contributed by atoms with van der Waals surface area (Å²) in [6.45, 7) is 0.